The molecule has 1 aromatic carbocycles. The second-order valence-corrected chi connectivity index (χ2v) is 4.02. The zero-order valence-corrected chi connectivity index (χ0v) is 10.7. The molecule has 0 amide bonds. The summed E-state index contributed by atoms with van der Waals surface area (Å²) in [5.41, 5.74) is 0.536. The number of halogens is 2. The molecule has 1 heterocycles. The fraction of sp³-hybridized carbons (Fsp3) is 0.143. The first-order valence-electron chi connectivity index (χ1n) is 5.82. The molecule has 0 unspecified atom stereocenters. The number of hydrogen-bond donors (Lipinski definition) is 1. The van der Waals surface area contributed by atoms with Crippen LogP contribution in [-0.2, 0) is 11.3 Å². The molecule has 0 aliphatic heterocycles. The van der Waals surface area contributed by atoms with Crippen LogP contribution < -0.4 is 5.32 Å². The van der Waals surface area contributed by atoms with Crippen molar-refractivity contribution in [2.45, 2.75) is 6.54 Å². The summed E-state index contributed by atoms with van der Waals surface area (Å²) in [5.74, 6) is -2.59. The summed E-state index contributed by atoms with van der Waals surface area (Å²) in [4.78, 5) is 15.3. The highest BCUT2D eigenvalue weighted by Crippen LogP contribution is 2.20. The fourth-order valence-corrected chi connectivity index (χ4v) is 1.65. The second kappa shape index (κ2) is 6.10. The lowest BCUT2D eigenvalue weighted by Gasteiger charge is -2.10. The van der Waals surface area contributed by atoms with Crippen molar-refractivity contribution >= 4 is 11.7 Å². The Balaban J connectivity index is 2.21. The summed E-state index contributed by atoms with van der Waals surface area (Å²) in [5, 5.41) is 2.79. The minimum Gasteiger partial charge on any atom is -0.465 e. The van der Waals surface area contributed by atoms with Gasteiger partial charge in [-0.15, -0.1) is 0 Å². The van der Waals surface area contributed by atoms with Gasteiger partial charge in [-0.05, 0) is 17.7 Å². The molecule has 1 N–H and O–H groups in total. The largest absolute Gasteiger partial charge is 0.465 e. The van der Waals surface area contributed by atoms with Gasteiger partial charge >= 0.3 is 5.97 Å². The first-order chi connectivity index (χ1) is 9.61. The van der Waals surface area contributed by atoms with Crippen LogP contribution in [0.15, 0.2) is 36.7 Å². The molecule has 0 radical (unpaired) electrons. The van der Waals surface area contributed by atoms with E-state index >= 15 is 0 Å². The molecule has 0 bridgehead atoms. The number of benzene rings is 1. The summed E-state index contributed by atoms with van der Waals surface area (Å²) in [6.45, 7) is 0.303. The Morgan fingerprint density at radius 3 is 2.80 bits per heavy atom. The topological polar surface area (TPSA) is 51.2 Å². The van der Waals surface area contributed by atoms with Gasteiger partial charge in [0.05, 0.1) is 18.4 Å². The fourth-order valence-electron chi connectivity index (χ4n) is 1.65. The van der Waals surface area contributed by atoms with Crippen molar-refractivity contribution in [1.82, 2.24) is 4.98 Å². The summed E-state index contributed by atoms with van der Waals surface area (Å²) in [6, 6.07) is 5.30. The van der Waals surface area contributed by atoms with Gasteiger partial charge in [-0.1, -0.05) is 6.07 Å². The molecule has 1 aromatic heterocycles. The highest BCUT2D eigenvalue weighted by atomic mass is 19.1. The van der Waals surface area contributed by atoms with Crippen LogP contribution in [-0.4, -0.2) is 18.1 Å². The molecule has 0 saturated heterocycles. The average molecular weight is 278 g/mol. The maximum absolute atomic E-state index is 13.6. The number of carbonyl (C=O) groups is 1. The zero-order chi connectivity index (χ0) is 14.5. The van der Waals surface area contributed by atoms with Gasteiger partial charge in [-0.25, -0.2) is 13.6 Å². The third-order valence-corrected chi connectivity index (χ3v) is 2.67. The molecule has 0 atom stereocenters. The molecule has 0 fully saturated rings. The Kier molecular flexibility index (Phi) is 4.24. The lowest BCUT2D eigenvalue weighted by molar-refractivity contribution is 0.0595. The van der Waals surface area contributed by atoms with E-state index in [0.717, 1.165) is 18.7 Å². The van der Waals surface area contributed by atoms with E-state index in [1.807, 2.05) is 6.07 Å². The van der Waals surface area contributed by atoms with Crippen LogP contribution in [0.5, 0.6) is 0 Å². The van der Waals surface area contributed by atoms with Crippen LogP contribution >= 0.6 is 0 Å². The maximum Gasteiger partial charge on any atom is 0.340 e. The van der Waals surface area contributed by atoms with Crippen LogP contribution in [0.1, 0.15) is 15.9 Å². The number of nitrogens with zero attached hydrogens (tertiary/aromatic N) is 1. The number of esters is 1. The number of anilines is 1. The molecule has 20 heavy (non-hydrogen) atoms. The third-order valence-electron chi connectivity index (χ3n) is 2.67. The van der Waals surface area contributed by atoms with Gasteiger partial charge in [0, 0.05) is 25.0 Å². The number of aromatic nitrogens is 1. The van der Waals surface area contributed by atoms with Gasteiger partial charge in [0.2, 0.25) is 0 Å². The predicted molar refractivity (Wildman–Crippen MR) is 69.3 cm³/mol. The summed E-state index contributed by atoms with van der Waals surface area (Å²) < 4.78 is 31.5. The lowest BCUT2D eigenvalue weighted by Crippen LogP contribution is -2.08. The van der Waals surface area contributed by atoms with E-state index in [1.165, 1.54) is 0 Å². The van der Waals surface area contributed by atoms with E-state index in [0.29, 0.717) is 12.6 Å². The Morgan fingerprint density at radius 1 is 1.35 bits per heavy atom. The molecule has 0 aliphatic rings. The van der Waals surface area contributed by atoms with E-state index < -0.39 is 17.6 Å². The Bertz CT molecular complexity index is 618. The number of pyridine rings is 1. The molecule has 104 valence electrons. The molecular formula is C14H12F2N2O2. The summed E-state index contributed by atoms with van der Waals surface area (Å²) in [6.07, 6.45) is 3.24. The van der Waals surface area contributed by atoms with Gasteiger partial charge in [0.15, 0.2) is 0 Å². The van der Waals surface area contributed by atoms with E-state index in [2.05, 4.69) is 15.0 Å². The van der Waals surface area contributed by atoms with Gasteiger partial charge in [0.1, 0.15) is 11.6 Å². The van der Waals surface area contributed by atoms with E-state index in [-0.39, 0.29) is 11.3 Å². The molecule has 6 heteroatoms. The quantitative estimate of drug-likeness (QED) is 0.874. The second-order valence-electron chi connectivity index (χ2n) is 4.02. The first-order valence-corrected chi connectivity index (χ1v) is 5.82. The van der Waals surface area contributed by atoms with Crippen molar-refractivity contribution in [2.24, 2.45) is 0 Å². The molecule has 4 nitrogen and oxygen atoms in total. The molecular weight excluding hydrogens is 266 g/mol. The molecule has 2 aromatic rings. The zero-order valence-electron chi connectivity index (χ0n) is 10.7. The summed E-state index contributed by atoms with van der Waals surface area (Å²) in [7, 11) is 1.13. The number of methoxy groups -OCH3 is 1. The van der Waals surface area contributed by atoms with Gasteiger partial charge in [-0.2, -0.15) is 0 Å². The van der Waals surface area contributed by atoms with Crippen LogP contribution in [0.25, 0.3) is 0 Å². The number of ether oxygens (including phenoxy) is 1. The first kappa shape index (κ1) is 13.9. The predicted octanol–water partition coefficient (Wildman–Crippen LogP) is 2.76. The monoisotopic (exact) mass is 278 g/mol. The summed E-state index contributed by atoms with van der Waals surface area (Å²) >= 11 is 0. The number of carbonyl (C=O) groups excluding carboxylic acids is 1. The Morgan fingerprint density at radius 2 is 2.15 bits per heavy atom. The molecule has 0 saturated carbocycles. The highest BCUT2D eigenvalue weighted by molar-refractivity contribution is 5.90. The van der Waals surface area contributed by atoms with Gasteiger partial charge in [0.25, 0.3) is 0 Å². The average Bonchev–Trinajstić information content (AvgIpc) is 2.46. The van der Waals surface area contributed by atoms with Crippen molar-refractivity contribution in [2.75, 3.05) is 12.4 Å². The lowest BCUT2D eigenvalue weighted by atomic mass is 10.1. The number of rotatable bonds is 4. The third kappa shape index (κ3) is 3.09. The van der Waals surface area contributed by atoms with Crippen molar-refractivity contribution in [3.8, 4) is 0 Å². The Labute approximate surface area is 114 Å². The maximum atomic E-state index is 13.6. The van der Waals surface area contributed by atoms with Crippen molar-refractivity contribution in [1.29, 1.82) is 0 Å². The van der Waals surface area contributed by atoms with Gasteiger partial charge < -0.3 is 10.1 Å². The molecule has 0 spiro atoms. The van der Waals surface area contributed by atoms with Crippen LogP contribution in [0.4, 0.5) is 14.5 Å². The molecule has 0 aliphatic carbocycles. The number of hydrogen-bond acceptors (Lipinski definition) is 4. The van der Waals surface area contributed by atoms with Gasteiger partial charge in [-0.3, -0.25) is 4.98 Å². The Hall–Kier alpha value is -2.50. The van der Waals surface area contributed by atoms with Crippen molar-refractivity contribution in [3.63, 3.8) is 0 Å². The van der Waals surface area contributed by atoms with E-state index in [4.69, 9.17) is 0 Å². The van der Waals surface area contributed by atoms with E-state index in [9.17, 15) is 13.6 Å². The van der Waals surface area contributed by atoms with E-state index in [1.54, 1.807) is 18.5 Å². The minimum absolute atomic E-state index is 0.0238. The standard InChI is InChI=1S/C14H12F2N2O2/c1-20-14(19)10-5-13(12(16)6-11(10)15)18-8-9-3-2-4-17-7-9/h2-7,18H,8H2,1H3. The van der Waals surface area contributed by atoms with Crippen molar-refractivity contribution < 1.29 is 18.3 Å². The SMILES string of the molecule is COC(=O)c1cc(NCc2cccnc2)c(F)cc1F. The van der Waals surface area contributed by atoms with Crippen LogP contribution in [0, 0.1) is 11.6 Å². The molecule has 2 rings (SSSR count). The number of nitrogens with one attached hydrogen (secondary N) is 1. The highest BCUT2D eigenvalue weighted by Gasteiger charge is 2.16. The van der Waals surface area contributed by atoms with Crippen LogP contribution in [0.2, 0.25) is 0 Å². The smallest absolute Gasteiger partial charge is 0.340 e. The normalized spacial score (nSPS) is 10.2. The minimum atomic E-state index is -0.957. The van der Waals surface area contributed by atoms with Crippen LogP contribution in [0.3, 0.4) is 0 Å². The van der Waals surface area contributed by atoms with Crippen molar-refractivity contribution in [3.05, 3.63) is 59.4 Å².